The molecule has 8 nitrogen and oxygen atoms in total. The number of aromatic nitrogens is 1. The van der Waals surface area contributed by atoms with Crippen molar-refractivity contribution in [2.75, 3.05) is 25.5 Å². The number of rotatable bonds is 10. The Balaban J connectivity index is 1.51. The number of carbonyl (C=O) groups excluding carboxylic acids is 1. The normalized spacial score (nSPS) is 11.0. The van der Waals surface area contributed by atoms with Crippen molar-refractivity contribution in [2.24, 2.45) is 0 Å². The Morgan fingerprint density at radius 3 is 2.52 bits per heavy atom. The third-order valence-corrected chi connectivity index (χ3v) is 6.65. The number of anilines is 1. The van der Waals surface area contributed by atoms with Crippen LogP contribution in [0.4, 0.5) is 5.13 Å². The molecule has 0 saturated carbocycles. The summed E-state index contributed by atoms with van der Waals surface area (Å²) in [6.45, 7) is 0.479. The van der Waals surface area contributed by atoms with Crippen molar-refractivity contribution in [3.05, 3.63) is 65.2 Å². The Morgan fingerprint density at radius 1 is 1.06 bits per heavy atom. The molecule has 2 N–H and O–H groups in total. The highest BCUT2D eigenvalue weighted by Gasteiger charge is 2.17. The standard InChI is InChI=1S/C21H23N3O5S2/c1-28-17-6-8-19(9-7-17)31(26,27)24-21-23-16(14-30-21)13-20(25)22-11-10-15-4-3-5-18(12-15)29-2/h3-9,12,14H,10-11,13H2,1-2H3,(H,22,25)(H,23,24). The highest BCUT2D eigenvalue weighted by molar-refractivity contribution is 7.93. The molecule has 0 atom stereocenters. The van der Waals surface area contributed by atoms with E-state index in [9.17, 15) is 13.2 Å². The lowest BCUT2D eigenvalue weighted by Crippen LogP contribution is -2.27. The van der Waals surface area contributed by atoms with E-state index in [1.54, 1.807) is 24.6 Å². The third kappa shape index (κ3) is 6.43. The van der Waals surface area contributed by atoms with Gasteiger partial charge in [0.2, 0.25) is 5.91 Å². The average Bonchev–Trinajstić information content (AvgIpc) is 3.19. The molecular formula is C21H23N3O5S2. The van der Waals surface area contributed by atoms with Crippen LogP contribution in [0, 0.1) is 0 Å². The Labute approximate surface area is 185 Å². The van der Waals surface area contributed by atoms with Crippen molar-refractivity contribution in [3.63, 3.8) is 0 Å². The van der Waals surface area contributed by atoms with E-state index in [-0.39, 0.29) is 22.4 Å². The lowest BCUT2D eigenvalue weighted by atomic mass is 10.1. The maximum Gasteiger partial charge on any atom is 0.263 e. The van der Waals surface area contributed by atoms with Crippen LogP contribution in [-0.2, 0) is 27.7 Å². The number of amides is 1. The first-order valence-corrected chi connectivity index (χ1v) is 11.8. The zero-order chi connectivity index (χ0) is 22.3. The second kappa shape index (κ2) is 10.3. The van der Waals surface area contributed by atoms with Crippen LogP contribution in [0.25, 0.3) is 0 Å². The predicted molar refractivity (Wildman–Crippen MR) is 119 cm³/mol. The zero-order valence-electron chi connectivity index (χ0n) is 17.1. The molecule has 0 aliphatic heterocycles. The van der Waals surface area contributed by atoms with Crippen LogP contribution in [0.5, 0.6) is 11.5 Å². The summed E-state index contributed by atoms with van der Waals surface area (Å²) in [7, 11) is -0.654. The number of thiazole rings is 1. The molecule has 10 heteroatoms. The minimum absolute atomic E-state index is 0.0683. The Kier molecular flexibility index (Phi) is 7.48. The summed E-state index contributed by atoms with van der Waals surface area (Å²) in [5.74, 6) is 1.15. The van der Waals surface area contributed by atoms with Gasteiger partial charge in [0.25, 0.3) is 10.0 Å². The molecule has 2 aromatic carbocycles. The molecule has 1 heterocycles. The van der Waals surface area contributed by atoms with Crippen LogP contribution >= 0.6 is 11.3 Å². The van der Waals surface area contributed by atoms with Gasteiger partial charge < -0.3 is 14.8 Å². The van der Waals surface area contributed by atoms with Crippen molar-refractivity contribution >= 4 is 32.4 Å². The quantitative estimate of drug-likeness (QED) is 0.481. The highest BCUT2D eigenvalue weighted by atomic mass is 32.2. The van der Waals surface area contributed by atoms with Crippen molar-refractivity contribution in [1.29, 1.82) is 0 Å². The molecule has 3 aromatic rings. The maximum absolute atomic E-state index is 12.5. The van der Waals surface area contributed by atoms with Crippen LogP contribution in [-0.4, -0.2) is 40.1 Å². The van der Waals surface area contributed by atoms with Gasteiger partial charge in [-0.15, -0.1) is 11.3 Å². The van der Waals surface area contributed by atoms with E-state index in [0.717, 1.165) is 22.6 Å². The van der Waals surface area contributed by atoms with E-state index in [0.29, 0.717) is 24.4 Å². The fraction of sp³-hybridized carbons (Fsp3) is 0.238. The topological polar surface area (TPSA) is 107 Å². The largest absolute Gasteiger partial charge is 0.497 e. The second-order valence-electron chi connectivity index (χ2n) is 6.55. The molecule has 0 bridgehead atoms. The van der Waals surface area contributed by atoms with E-state index in [1.165, 1.54) is 19.2 Å². The summed E-state index contributed by atoms with van der Waals surface area (Å²) in [4.78, 5) is 16.5. The SMILES string of the molecule is COc1ccc(S(=O)(=O)Nc2nc(CC(=O)NCCc3cccc(OC)c3)cs2)cc1. The molecular weight excluding hydrogens is 438 g/mol. The van der Waals surface area contributed by atoms with Crippen LogP contribution in [0.3, 0.4) is 0 Å². The third-order valence-electron chi connectivity index (χ3n) is 4.35. The maximum atomic E-state index is 12.5. The van der Waals surface area contributed by atoms with E-state index in [2.05, 4.69) is 15.0 Å². The summed E-state index contributed by atoms with van der Waals surface area (Å²) < 4.78 is 37.6. The number of hydrogen-bond acceptors (Lipinski definition) is 7. The Bertz CT molecular complexity index is 1130. The summed E-state index contributed by atoms with van der Waals surface area (Å²) in [6.07, 6.45) is 0.742. The number of nitrogens with one attached hydrogen (secondary N) is 2. The first-order valence-electron chi connectivity index (χ1n) is 9.40. The van der Waals surface area contributed by atoms with Gasteiger partial charge in [-0.05, 0) is 48.4 Å². The zero-order valence-corrected chi connectivity index (χ0v) is 18.8. The summed E-state index contributed by atoms with van der Waals surface area (Å²) in [5.41, 5.74) is 1.56. The van der Waals surface area contributed by atoms with Crippen molar-refractivity contribution in [3.8, 4) is 11.5 Å². The van der Waals surface area contributed by atoms with Crippen LogP contribution in [0.1, 0.15) is 11.3 Å². The van der Waals surface area contributed by atoms with Gasteiger partial charge in [-0.1, -0.05) is 12.1 Å². The lowest BCUT2D eigenvalue weighted by Gasteiger charge is -2.06. The molecule has 1 amide bonds. The van der Waals surface area contributed by atoms with Crippen LogP contribution in [0.2, 0.25) is 0 Å². The molecule has 0 aliphatic carbocycles. The summed E-state index contributed by atoms with van der Waals surface area (Å²) in [5, 5.41) is 4.71. The predicted octanol–water partition coefficient (Wildman–Crippen LogP) is 2.86. The summed E-state index contributed by atoms with van der Waals surface area (Å²) in [6, 6.07) is 13.7. The number of methoxy groups -OCH3 is 2. The van der Waals surface area contributed by atoms with Gasteiger partial charge >= 0.3 is 0 Å². The molecule has 0 saturated heterocycles. The van der Waals surface area contributed by atoms with Gasteiger partial charge in [0, 0.05) is 11.9 Å². The fourth-order valence-corrected chi connectivity index (χ4v) is 4.73. The van der Waals surface area contributed by atoms with Crippen LogP contribution < -0.4 is 19.5 Å². The number of sulfonamides is 1. The van der Waals surface area contributed by atoms with E-state index in [1.807, 2.05) is 24.3 Å². The van der Waals surface area contributed by atoms with Gasteiger partial charge in [0.15, 0.2) is 5.13 Å². The molecule has 0 unspecified atom stereocenters. The number of nitrogens with zero attached hydrogens (tertiary/aromatic N) is 1. The van der Waals surface area contributed by atoms with E-state index < -0.39 is 10.0 Å². The first-order chi connectivity index (χ1) is 14.9. The van der Waals surface area contributed by atoms with Gasteiger partial charge in [0.1, 0.15) is 11.5 Å². The average molecular weight is 462 g/mol. The molecule has 0 radical (unpaired) electrons. The second-order valence-corrected chi connectivity index (χ2v) is 9.09. The van der Waals surface area contributed by atoms with Crippen molar-refractivity contribution < 1.29 is 22.7 Å². The molecule has 0 fully saturated rings. The van der Waals surface area contributed by atoms with Gasteiger partial charge in [-0.25, -0.2) is 13.4 Å². The number of carbonyl (C=O) groups is 1. The van der Waals surface area contributed by atoms with E-state index >= 15 is 0 Å². The highest BCUT2D eigenvalue weighted by Crippen LogP contribution is 2.22. The smallest absolute Gasteiger partial charge is 0.263 e. The molecule has 0 aliphatic rings. The van der Waals surface area contributed by atoms with Gasteiger partial charge in [0.05, 0.1) is 31.2 Å². The number of benzene rings is 2. The lowest BCUT2D eigenvalue weighted by molar-refractivity contribution is -0.120. The van der Waals surface area contributed by atoms with Crippen molar-refractivity contribution in [2.45, 2.75) is 17.7 Å². The fourth-order valence-electron chi connectivity index (χ4n) is 2.77. The first kappa shape index (κ1) is 22.6. The number of hydrogen-bond donors (Lipinski definition) is 2. The van der Waals surface area contributed by atoms with E-state index in [4.69, 9.17) is 9.47 Å². The monoisotopic (exact) mass is 461 g/mol. The van der Waals surface area contributed by atoms with Crippen LogP contribution in [0.15, 0.2) is 58.8 Å². The molecule has 3 rings (SSSR count). The molecule has 164 valence electrons. The molecule has 31 heavy (non-hydrogen) atoms. The Hall–Kier alpha value is -3.11. The molecule has 1 aromatic heterocycles. The minimum Gasteiger partial charge on any atom is -0.497 e. The van der Waals surface area contributed by atoms with Gasteiger partial charge in [-0.2, -0.15) is 0 Å². The van der Waals surface area contributed by atoms with Gasteiger partial charge in [-0.3, -0.25) is 9.52 Å². The number of ether oxygens (including phenoxy) is 2. The Morgan fingerprint density at radius 2 is 1.81 bits per heavy atom. The molecule has 0 spiro atoms. The summed E-state index contributed by atoms with van der Waals surface area (Å²) >= 11 is 1.13. The minimum atomic E-state index is -3.77. The van der Waals surface area contributed by atoms with Crippen molar-refractivity contribution in [1.82, 2.24) is 10.3 Å².